The Labute approximate surface area is 218 Å². The van der Waals surface area contributed by atoms with Crippen molar-refractivity contribution in [3.63, 3.8) is 0 Å². The first-order valence-electron chi connectivity index (χ1n) is 12.1. The first-order chi connectivity index (χ1) is 17.7. The normalized spacial score (nSPS) is 16.8. The lowest BCUT2D eigenvalue weighted by Crippen LogP contribution is -2.52. The molecule has 7 nitrogen and oxygen atoms in total. The number of hydrogen-bond acceptors (Lipinski definition) is 6. The van der Waals surface area contributed by atoms with E-state index in [2.05, 4.69) is 15.6 Å². The zero-order chi connectivity index (χ0) is 26.5. The van der Waals surface area contributed by atoms with Crippen LogP contribution in [-0.4, -0.2) is 58.6 Å². The molecule has 3 aromatic rings. The molecule has 1 aliphatic rings. The van der Waals surface area contributed by atoms with Crippen LogP contribution in [0.25, 0.3) is 0 Å². The molecule has 0 radical (unpaired) electrons. The van der Waals surface area contributed by atoms with Crippen molar-refractivity contribution in [3.8, 4) is 0 Å². The predicted molar refractivity (Wildman–Crippen MR) is 137 cm³/mol. The number of aromatic nitrogens is 1. The lowest BCUT2D eigenvalue weighted by molar-refractivity contribution is 0.0737. The van der Waals surface area contributed by atoms with Crippen molar-refractivity contribution in [1.29, 1.82) is 0 Å². The van der Waals surface area contributed by atoms with Gasteiger partial charge in [-0.2, -0.15) is 0 Å². The molecule has 2 amide bonds. The van der Waals surface area contributed by atoms with Gasteiger partial charge in [-0.15, -0.1) is 11.3 Å². The molecule has 0 spiro atoms. The molecule has 37 heavy (non-hydrogen) atoms. The van der Waals surface area contributed by atoms with E-state index in [1.54, 1.807) is 25.2 Å². The Bertz CT molecular complexity index is 1240. The van der Waals surface area contributed by atoms with E-state index < -0.39 is 29.7 Å². The van der Waals surface area contributed by atoms with Gasteiger partial charge in [0.2, 0.25) is 0 Å². The van der Waals surface area contributed by atoms with Gasteiger partial charge in [0.1, 0.15) is 16.6 Å². The first-order valence-corrected chi connectivity index (χ1v) is 13.0. The molecule has 1 saturated heterocycles. The molecule has 10 heteroatoms. The van der Waals surface area contributed by atoms with E-state index in [-0.39, 0.29) is 23.9 Å². The Morgan fingerprint density at radius 3 is 2.59 bits per heavy atom. The average Bonchev–Trinajstić information content (AvgIpc) is 3.54. The SMILES string of the molecule is Cc1csc(CN(C)C(=O)c2cccc(C(=O)N[C@@H](Cc3cc(F)cc(F)c3)[C@H](O)[C@H]3CCCN3)c2)n1. The van der Waals surface area contributed by atoms with E-state index in [1.807, 2.05) is 12.3 Å². The summed E-state index contributed by atoms with van der Waals surface area (Å²) in [6.45, 7) is 2.98. The number of halogens is 2. The van der Waals surface area contributed by atoms with E-state index in [0.29, 0.717) is 17.7 Å². The van der Waals surface area contributed by atoms with E-state index in [9.17, 15) is 23.5 Å². The summed E-state index contributed by atoms with van der Waals surface area (Å²) in [5.74, 6) is -2.20. The number of nitrogens with zero attached hydrogens (tertiary/aromatic N) is 2. The highest BCUT2D eigenvalue weighted by molar-refractivity contribution is 7.09. The average molecular weight is 529 g/mol. The molecule has 0 saturated carbocycles. The molecule has 1 fully saturated rings. The minimum absolute atomic E-state index is 0.0361. The van der Waals surface area contributed by atoms with Crippen molar-refractivity contribution in [2.24, 2.45) is 0 Å². The molecule has 2 aromatic carbocycles. The lowest BCUT2D eigenvalue weighted by atomic mass is 9.95. The highest BCUT2D eigenvalue weighted by Crippen LogP contribution is 2.19. The first kappa shape index (κ1) is 26.8. The molecule has 0 unspecified atom stereocenters. The highest BCUT2D eigenvalue weighted by Gasteiger charge is 2.31. The van der Waals surface area contributed by atoms with Crippen LogP contribution in [0.5, 0.6) is 0 Å². The van der Waals surface area contributed by atoms with Gasteiger partial charge in [0.15, 0.2) is 0 Å². The molecule has 1 aliphatic heterocycles. The quantitative estimate of drug-likeness (QED) is 0.396. The summed E-state index contributed by atoms with van der Waals surface area (Å²) in [7, 11) is 1.67. The zero-order valence-corrected chi connectivity index (χ0v) is 21.5. The maximum atomic E-state index is 13.8. The number of aliphatic hydroxyl groups excluding tert-OH is 1. The van der Waals surface area contributed by atoms with Crippen LogP contribution in [0.2, 0.25) is 0 Å². The third-order valence-electron chi connectivity index (χ3n) is 6.37. The zero-order valence-electron chi connectivity index (χ0n) is 20.7. The number of aliphatic hydroxyl groups is 1. The van der Waals surface area contributed by atoms with Crippen molar-refractivity contribution in [3.05, 3.63) is 86.9 Å². The Morgan fingerprint density at radius 2 is 1.95 bits per heavy atom. The van der Waals surface area contributed by atoms with Crippen molar-refractivity contribution in [2.45, 2.75) is 50.9 Å². The molecule has 196 valence electrons. The topological polar surface area (TPSA) is 94.6 Å². The van der Waals surface area contributed by atoms with Gasteiger partial charge in [-0.05, 0) is 68.6 Å². The summed E-state index contributed by atoms with van der Waals surface area (Å²) in [6, 6.07) is 8.44. The molecule has 4 rings (SSSR count). The standard InChI is InChI=1S/C27H30F2N4O3S/c1-16-15-37-24(31-16)14-33(2)27(36)19-6-3-5-18(12-19)26(35)32-23(25(34)22-7-4-8-30-22)11-17-9-20(28)13-21(29)10-17/h3,5-6,9-10,12-13,15,22-23,25,30,34H,4,7-8,11,14H2,1-2H3,(H,32,35)/t22-,23+,25-/m1/s1. The van der Waals surface area contributed by atoms with E-state index in [1.165, 1.54) is 34.4 Å². The summed E-state index contributed by atoms with van der Waals surface area (Å²) in [4.78, 5) is 32.1. The lowest BCUT2D eigenvalue weighted by Gasteiger charge is -2.29. The number of aryl methyl sites for hydroxylation is 1. The number of carbonyl (C=O) groups excluding carboxylic acids is 2. The van der Waals surface area contributed by atoms with Crippen molar-refractivity contribution in [2.75, 3.05) is 13.6 Å². The Kier molecular flexibility index (Phi) is 8.63. The fraction of sp³-hybridized carbons (Fsp3) is 0.370. The second-order valence-electron chi connectivity index (χ2n) is 9.38. The second kappa shape index (κ2) is 11.9. The van der Waals surface area contributed by atoms with Gasteiger partial charge in [0, 0.05) is 41.4 Å². The molecule has 1 aromatic heterocycles. The van der Waals surface area contributed by atoms with Crippen LogP contribution in [0.4, 0.5) is 8.78 Å². The Morgan fingerprint density at radius 1 is 1.22 bits per heavy atom. The van der Waals surface area contributed by atoms with Gasteiger partial charge in [0.25, 0.3) is 11.8 Å². The number of thiazole rings is 1. The third-order valence-corrected chi connectivity index (χ3v) is 7.33. The van der Waals surface area contributed by atoms with Crippen LogP contribution >= 0.6 is 11.3 Å². The number of carbonyl (C=O) groups is 2. The van der Waals surface area contributed by atoms with Crippen LogP contribution in [0, 0.1) is 18.6 Å². The second-order valence-corrected chi connectivity index (χ2v) is 10.3. The van der Waals surface area contributed by atoms with Crippen molar-refractivity contribution >= 4 is 23.2 Å². The molecule has 3 atom stereocenters. The largest absolute Gasteiger partial charge is 0.389 e. The fourth-order valence-corrected chi connectivity index (χ4v) is 5.36. The van der Waals surface area contributed by atoms with Crippen LogP contribution < -0.4 is 10.6 Å². The van der Waals surface area contributed by atoms with Crippen LogP contribution in [0.3, 0.4) is 0 Å². The van der Waals surface area contributed by atoms with E-state index in [0.717, 1.165) is 36.2 Å². The number of hydrogen-bond donors (Lipinski definition) is 3. The van der Waals surface area contributed by atoms with Crippen LogP contribution in [-0.2, 0) is 13.0 Å². The third kappa shape index (κ3) is 6.97. The molecule has 2 heterocycles. The van der Waals surface area contributed by atoms with Crippen LogP contribution in [0.1, 0.15) is 49.8 Å². The van der Waals surface area contributed by atoms with Gasteiger partial charge < -0.3 is 20.6 Å². The minimum atomic E-state index is -0.976. The predicted octanol–water partition coefficient (Wildman–Crippen LogP) is 3.46. The van der Waals surface area contributed by atoms with Crippen molar-refractivity contribution in [1.82, 2.24) is 20.5 Å². The van der Waals surface area contributed by atoms with Gasteiger partial charge >= 0.3 is 0 Å². The highest BCUT2D eigenvalue weighted by atomic mass is 32.1. The number of nitrogens with one attached hydrogen (secondary N) is 2. The van der Waals surface area contributed by atoms with Gasteiger partial charge in [0.05, 0.1) is 18.7 Å². The monoisotopic (exact) mass is 528 g/mol. The van der Waals surface area contributed by atoms with Crippen LogP contribution in [0.15, 0.2) is 47.8 Å². The maximum absolute atomic E-state index is 13.8. The maximum Gasteiger partial charge on any atom is 0.253 e. The Hall–Kier alpha value is -3.21. The summed E-state index contributed by atoms with van der Waals surface area (Å²) in [5.41, 5.74) is 1.80. The smallest absolute Gasteiger partial charge is 0.253 e. The molecule has 3 N–H and O–H groups in total. The van der Waals surface area contributed by atoms with E-state index in [4.69, 9.17) is 0 Å². The summed E-state index contributed by atoms with van der Waals surface area (Å²) < 4.78 is 27.6. The molecular weight excluding hydrogens is 498 g/mol. The summed E-state index contributed by atoms with van der Waals surface area (Å²) in [5, 5.41) is 19.8. The molecule has 0 aliphatic carbocycles. The Balaban J connectivity index is 1.50. The van der Waals surface area contributed by atoms with Gasteiger partial charge in [-0.1, -0.05) is 6.07 Å². The molecular formula is C27H30F2N4O3S. The van der Waals surface area contributed by atoms with Crippen molar-refractivity contribution < 1.29 is 23.5 Å². The van der Waals surface area contributed by atoms with Gasteiger partial charge in [-0.3, -0.25) is 9.59 Å². The summed E-state index contributed by atoms with van der Waals surface area (Å²) >= 11 is 1.48. The molecule has 0 bridgehead atoms. The number of benzene rings is 2. The van der Waals surface area contributed by atoms with E-state index >= 15 is 0 Å². The number of amides is 2. The fourth-order valence-electron chi connectivity index (χ4n) is 4.54. The number of rotatable bonds is 9. The summed E-state index contributed by atoms with van der Waals surface area (Å²) in [6.07, 6.45) is 0.666. The minimum Gasteiger partial charge on any atom is -0.389 e. The van der Waals surface area contributed by atoms with Gasteiger partial charge in [-0.25, -0.2) is 13.8 Å².